The van der Waals surface area contributed by atoms with Gasteiger partial charge in [-0.2, -0.15) is 26.3 Å². The molecule has 5 aromatic rings. The second-order valence-electron chi connectivity index (χ2n) is 9.72. The molecule has 0 saturated carbocycles. The Morgan fingerprint density at radius 3 is 1.87 bits per heavy atom. The third-order valence-corrected chi connectivity index (χ3v) is 6.75. The van der Waals surface area contributed by atoms with Crippen molar-refractivity contribution in [2.24, 2.45) is 0 Å². The van der Waals surface area contributed by atoms with E-state index < -0.39 is 44.0 Å². The van der Waals surface area contributed by atoms with Gasteiger partial charge in [-0.25, -0.2) is 24.9 Å². The Hall–Kier alpha value is -5.48. The first-order chi connectivity index (χ1) is 21.6. The molecule has 0 unspecified atom stereocenters. The molecule has 2 aliphatic heterocycles. The molecule has 6 heterocycles. The van der Waals surface area contributed by atoms with Gasteiger partial charge < -0.3 is 18.9 Å². The van der Waals surface area contributed by atoms with Crippen molar-refractivity contribution >= 4 is 23.1 Å². The van der Waals surface area contributed by atoms with E-state index in [2.05, 4.69) is 24.9 Å². The second-order valence-corrected chi connectivity index (χ2v) is 9.72. The van der Waals surface area contributed by atoms with Crippen molar-refractivity contribution in [2.45, 2.75) is 12.4 Å². The van der Waals surface area contributed by atoms with Crippen LogP contribution >= 0.6 is 0 Å². The highest BCUT2D eigenvalue weighted by Crippen LogP contribution is 2.41. The van der Waals surface area contributed by atoms with Crippen LogP contribution in [-0.2, 0) is 0 Å². The van der Waals surface area contributed by atoms with Crippen LogP contribution in [0, 0.1) is 0 Å². The number of pyridine rings is 2. The second kappa shape index (κ2) is 10.6. The maximum Gasteiger partial charge on any atom is 0.422 e. The van der Waals surface area contributed by atoms with Gasteiger partial charge in [0.15, 0.2) is 13.2 Å². The average molecular weight is 624 g/mol. The summed E-state index contributed by atoms with van der Waals surface area (Å²) in [4.78, 5) is 25.1. The maximum absolute atomic E-state index is 13.2. The number of alkyl halides is 6. The fourth-order valence-corrected chi connectivity index (χ4v) is 5.05. The van der Waals surface area contributed by atoms with E-state index in [4.69, 9.17) is 23.9 Å². The molecule has 45 heavy (non-hydrogen) atoms. The summed E-state index contributed by atoms with van der Waals surface area (Å²) < 4.78 is 101. The SMILES string of the molecule is FC(F)(F)COc1ncnc2c1B1c3c(OCC(F)(F)F)ncnc3Oc3c(-c4cccc(-c5ccccn5)n4)ccc(c31)O2. The van der Waals surface area contributed by atoms with E-state index in [1.54, 1.807) is 54.7 Å². The summed E-state index contributed by atoms with van der Waals surface area (Å²) in [6.45, 7) is -4.64. The highest BCUT2D eigenvalue weighted by atomic mass is 19.4. The Labute approximate surface area is 249 Å². The van der Waals surface area contributed by atoms with Crippen molar-refractivity contribution in [3.63, 3.8) is 0 Å². The van der Waals surface area contributed by atoms with Crippen LogP contribution in [0.4, 0.5) is 26.3 Å². The lowest BCUT2D eigenvalue weighted by Gasteiger charge is -2.33. The summed E-state index contributed by atoms with van der Waals surface area (Å²) in [7, 11) is 0. The predicted molar refractivity (Wildman–Crippen MR) is 145 cm³/mol. The van der Waals surface area contributed by atoms with Gasteiger partial charge in [0.2, 0.25) is 23.5 Å². The molecular weight excluding hydrogens is 609 g/mol. The van der Waals surface area contributed by atoms with Crippen LogP contribution in [0.25, 0.3) is 22.6 Å². The number of hydrogen-bond acceptors (Lipinski definition) is 10. The van der Waals surface area contributed by atoms with Crippen molar-refractivity contribution in [3.8, 4) is 57.7 Å². The van der Waals surface area contributed by atoms with E-state index in [1.165, 1.54) is 0 Å². The number of rotatable bonds is 6. The van der Waals surface area contributed by atoms with Crippen molar-refractivity contribution in [2.75, 3.05) is 13.2 Å². The fraction of sp³-hybridized carbons (Fsp3) is 0.143. The quantitative estimate of drug-likeness (QED) is 0.199. The molecule has 0 saturated heterocycles. The summed E-state index contributed by atoms with van der Waals surface area (Å²) in [5.74, 6) is -1.14. The van der Waals surface area contributed by atoms with E-state index in [1.807, 2.05) is 0 Å². The van der Waals surface area contributed by atoms with Crippen LogP contribution in [0.2, 0.25) is 0 Å². The fourth-order valence-electron chi connectivity index (χ4n) is 5.05. The molecule has 1 aromatic carbocycles. The van der Waals surface area contributed by atoms with Crippen LogP contribution in [0.1, 0.15) is 0 Å². The minimum atomic E-state index is -4.73. The molecule has 17 heteroatoms. The van der Waals surface area contributed by atoms with Crippen molar-refractivity contribution in [1.82, 2.24) is 29.9 Å². The molecule has 0 radical (unpaired) electrons. The van der Waals surface area contributed by atoms with Gasteiger partial charge in [-0.3, -0.25) is 4.98 Å². The predicted octanol–water partition coefficient (Wildman–Crippen LogP) is 4.00. The molecule has 226 valence electrons. The molecule has 0 N–H and O–H groups in total. The number of nitrogens with zero attached hydrogens (tertiary/aromatic N) is 6. The molecule has 0 spiro atoms. The van der Waals surface area contributed by atoms with Crippen LogP contribution in [-0.4, -0.2) is 62.2 Å². The molecule has 4 aromatic heterocycles. The van der Waals surface area contributed by atoms with Crippen LogP contribution in [0.5, 0.6) is 35.0 Å². The van der Waals surface area contributed by atoms with E-state index in [-0.39, 0.29) is 39.6 Å². The highest BCUT2D eigenvalue weighted by molar-refractivity contribution is 6.99. The molecule has 0 fully saturated rings. The van der Waals surface area contributed by atoms with Gasteiger partial charge in [0.05, 0.1) is 28.0 Å². The Morgan fingerprint density at radius 1 is 0.622 bits per heavy atom. The molecule has 10 nitrogen and oxygen atoms in total. The van der Waals surface area contributed by atoms with Crippen molar-refractivity contribution in [3.05, 3.63) is 67.4 Å². The lowest BCUT2D eigenvalue weighted by atomic mass is 9.35. The minimum Gasteiger partial charge on any atom is -0.468 e. The Balaban J connectivity index is 1.43. The van der Waals surface area contributed by atoms with E-state index in [9.17, 15) is 26.3 Å². The van der Waals surface area contributed by atoms with Crippen molar-refractivity contribution in [1.29, 1.82) is 0 Å². The van der Waals surface area contributed by atoms with Crippen molar-refractivity contribution < 1.29 is 45.3 Å². The standard InChI is InChI=1S/C28H15BF6N6O4/c30-27(31,32)10-42-23-20-25(39-12-37-23)44-18-8-7-14(15-5-3-6-17(41-15)16-4-1-2-9-36-16)22-19(18)29(20)21-24(43-11-28(33,34)35)38-13-40-26(21)45-22/h1-9,12-13H,10-11H2. The third kappa shape index (κ3) is 5.40. The number of benzene rings is 1. The molecule has 0 bridgehead atoms. The van der Waals surface area contributed by atoms with Gasteiger partial charge in [-0.15, -0.1) is 0 Å². The van der Waals surface area contributed by atoms with E-state index in [0.29, 0.717) is 22.6 Å². The summed E-state index contributed by atoms with van der Waals surface area (Å²) in [5.41, 5.74) is 1.96. The molecule has 0 atom stereocenters. The summed E-state index contributed by atoms with van der Waals surface area (Å²) in [6.07, 6.45) is -5.95. The smallest absolute Gasteiger partial charge is 0.422 e. The number of fused-ring (bicyclic) bond motifs is 4. The molecular formula is C28H15BF6N6O4. The van der Waals surface area contributed by atoms with Gasteiger partial charge in [0.25, 0.3) is 6.71 Å². The first-order valence-electron chi connectivity index (χ1n) is 13.1. The molecule has 0 aliphatic carbocycles. The summed E-state index contributed by atoms with van der Waals surface area (Å²) >= 11 is 0. The third-order valence-electron chi connectivity index (χ3n) is 6.75. The van der Waals surface area contributed by atoms with Crippen LogP contribution in [0.3, 0.4) is 0 Å². The highest BCUT2D eigenvalue weighted by Gasteiger charge is 2.48. The molecule has 7 rings (SSSR count). The summed E-state index contributed by atoms with van der Waals surface area (Å²) in [5, 5.41) is 0. The topological polar surface area (TPSA) is 114 Å². The average Bonchev–Trinajstić information content (AvgIpc) is 3.02. The number of ether oxygens (including phenoxy) is 4. The summed E-state index contributed by atoms with van der Waals surface area (Å²) in [6, 6.07) is 13.8. The Morgan fingerprint density at radius 2 is 1.24 bits per heavy atom. The van der Waals surface area contributed by atoms with Gasteiger partial charge >= 0.3 is 12.4 Å². The number of hydrogen-bond donors (Lipinski definition) is 0. The monoisotopic (exact) mass is 624 g/mol. The van der Waals surface area contributed by atoms with E-state index in [0.717, 1.165) is 12.7 Å². The maximum atomic E-state index is 13.2. The lowest BCUT2D eigenvalue weighted by Crippen LogP contribution is -2.59. The Bertz CT molecular complexity index is 1900. The van der Waals surface area contributed by atoms with Crippen LogP contribution < -0.4 is 35.3 Å². The zero-order chi connectivity index (χ0) is 31.3. The Kier molecular flexibility index (Phi) is 6.67. The van der Waals surface area contributed by atoms with E-state index >= 15 is 0 Å². The van der Waals surface area contributed by atoms with Crippen LogP contribution in [0.15, 0.2) is 67.4 Å². The molecule has 0 amide bonds. The largest absolute Gasteiger partial charge is 0.468 e. The van der Waals surface area contributed by atoms with Gasteiger partial charge in [-0.05, 0) is 36.4 Å². The van der Waals surface area contributed by atoms with Gasteiger partial charge in [0.1, 0.15) is 24.2 Å². The lowest BCUT2D eigenvalue weighted by molar-refractivity contribution is -0.154. The number of halogens is 6. The molecule has 2 aliphatic rings. The first kappa shape index (κ1) is 28.3. The zero-order valence-electron chi connectivity index (χ0n) is 22.4. The van der Waals surface area contributed by atoms with Gasteiger partial charge in [-0.1, -0.05) is 12.1 Å². The zero-order valence-corrected chi connectivity index (χ0v) is 22.4. The first-order valence-corrected chi connectivity index (χ1v) is 13.1. The minimum absolute atomic E-state index is 0.112. The van der Waals surface area contributed by atoms with Gasteiger partial charge in [0, 0.05) is 17.2 Å². The number of aromatic nitrogens is 6. The normalized spacial score (nSPS) is 13.2.